The van der Waals surface area contributed by atoms with Crippen molar-refractivity contribution in [2.45, 2.75) is 76.3 Å². The summed E-state index contributed by atoms with van der Waals surface area (Å²) in [6.07, 6.45) is 7.99. The molecule has 0 aromatic heterocycles. The number of ether oxygens (including phenoxy) is 1. The summed E-state index contributed by atoms with van der Waals surface area (Å²) in [4.78, 5) is 2.50. The number of phenolic OH excluding ortho intramolecular Hbond substituents is 1. The van der Waals surface area contributed by atoms with E-state index in [9.17, 15) is 5.11 Å². The van der Waals surface area contributed by atoms with Crippen LogP contribution in [0.5, 0.6) is 11.5 Å². The van der Waals surface area contributed by atoms with Gasteiger partial charge in [0.25, 0.3) is 0 Å². The molecule has 0 bridgehead atoms. The molecular weight excluding hydrogens is 473 g/mol. The van der Waals surface area contributed by atoms with Crippen LogP contribution in [0, 0.1) is 17.3 Å². The van der Waals surface area contributed by atoms with E-state index >= 15 is 4.39 Å². The van der Waals surface area contributed by atoms with Crippen LogP contribution in [0.4, 0.5) is 4.39 Å². The monoisotopic (exact) mass is 513 g/mol. The second-order valence-electron chi connectivity index (χ2n) is 11.9. The topological polar surface area (TPSA) is 32.7 Å². The number of phenols is 1. The number of hydrogen-bond acceptors (Lipinski definition) is 3. The molecule has 3 aliphatic carbocycles. The van der Waals surface area contributed by atoms with E-state index in [2.05, 4.69) is 42.2 Å². The summed E-state index contributed by atoms with van der Waals surface area (Å²) in [5.74, 6) is 2.95. The SMILES string of the molecule is C[C@]12C[C@H](c3ccc(OCCN4CCCCC4)cc3)[C@@H]3c4ccc(O)cc4CC[C@H]3[C@@H]1CC[C@H]2F.Cl. The smallest absolute Gasteiger partial charge is 0.119 e. The van der Waals surface area contributed by atoms with Crippen LogP contribution in [0.15, 0.2) is 42.5 Å². The van der Waals surface area contributed by atoms with Gasteiger partial charge in [-0.25, -0.2) is 4.39 Å². The molecule has 0 radical (unpaired) electrons. The molecule has 1 N–H and O–H groups in total. The molecule has 6 rings (SSSR count). The number of nitrogens with zero attached hydrogens (tertiary/aromatic N) is 1. The number of fused-ring (bicyclic) bond motifs is 5. The summed E-state index contributed by atoms with van der Waals surface area (Å²) in [6.45, 7) is 6.34. The van der Waals surface area contributed by atoms with Gasteiger partial charge in [0.1, 0.15) is 24.3 Å². The Morgan fingerprint density at radius 2 is 1.81 bits per heavy atom. The summed E-state index contributed by atoms with van der Waals surface area (Å²) in [5.41, 5.74) is 3.75. The van der Waals surface area contributed by atoms with Gasteiger partial charge < -0.3 is 9.84 Å². The molecule has 1 saturated heterocycles. The van der Waals surface area contributed by atoms with Crippen LogP contribution in [-0.2, 0) is 6.42 Å². The number of halogens is 2. The highest BCUT2D eigenvalue weighted by Crippen LogP contribution is 2.65. The van der Waals surface area contributed by atoms with Crippen molar-refractivity contribution >= 4 is 12.4 Å². The minimum Gasteiger partial charge on any atom is -0.508 e. The Kier molecular flexibility index (Phi) is 7.56. The van der Waals surface area contributed by atoms with Crippen molar-refractivity contribution in [3.8, 4) is 11.5 Å². The van der Waals surface area contributed by atoms with Gasteiger partial charge in [-0.15, -0.1) is 12.4 Å². The number of piperidine rings is 1. The third kappa shape index (κ3) is 4.65. The van der Waals surface area contributed by atoms with E-state index in [4.69, 9.17) is 4.74 Å². The van der Waals surface area contributed by atoms with Crippen LogP contribution >= 0.6 is 12.4 Å². The van der Waals surface area contributed by atoms with E-state index in [1.165, 1.54) is 49.0 Å². The van der Waals surface area contributed by atoms with E-state index in [1.807, 2.05) is 12.1 Å². The zero-order chi connectivity index (χ0) is 24.0. The van der Waals surface area contributed by atoms with Gasteiger partial charge in [0, 0.05) is 12.0 Å². The molecular formula is C31H41ClFNO2. The molecule has 5 heteroatoms. The highest BCUT2D eigenvalue weighted by Gasteiger charge is 2.58. The lowest BCUT2D eigenvalue weighted by molar-refractivity contribution is 0.00138. The Labute approximate surface area is 221 Å². The molecule has 0 amide bonds. The van der Waals surface area contributed by atoms with Crippen molar-refractivity contribution in [1.82, 2.24) is 4.90 Å². The first-order chi connectivity index (χ1) is 17.0. The van der Waals surface area contributed by atoms with Gasteiger partial charge in [-0.2, -0.15) is 0 Å². The summed E-state index contributed by atoms with van der Waals surface area (Å²) >= 11 is 0. The average molecular weight is 514 g/mol. The maximum atomic E-state index is 15.3. The summed E-state index contributed by atoms with van der Waals surface area (Å²) in [6, 6.07) is 14.7. The maximum absolute atomic E-state index is 15.3. The Bertz CT molecular complexity index is 1040. The van der Waals surface area contributed by atoms with Gasteiger partial charge in [-0.05, 0) is 123 Å². The lowest BCUT2D eigenvalue weighted by Gasteiger charge is -2.53. The molecule has 36 heavy (non-hydrogen) atoms. The van der Waals surface area contributed by atoms with Crippen LogP contribution in [-0.4, -0.2) is 42.4 Å². The van der Waals surface area contributed by atoms with Crippen molar-refractivity contribution in [2.75, 3.05) is 26.2 Å². The zero-order valence-corrected chi connectivity index (χ0v) is 22.3. The van der Waals surface area contributed by atoms with Crippen LogP contribution in [0.25, 0.3) is 0 Å². The highest BCUT2D eigenvalue weighted by molar-refractivity contribution is 5.85. The van der Waals surface area contributed by atoms with Gasteiger partial charge in [0.05, 0.1) is 0 Å². The molecule has 2 aromatic carbocycles. The van der Waals surface area contributed by atoms with Crippen molar-refractivity contribution in [1.29, 1.82) is 0 Å². The number of alkyl halides is 1. The minimum absolute atomic E-state index is 0. The van der Waals surface area contributed by atoms with Gasteiger partial charge in [0.15, 0.2) is 0 Å². The Balaban J connectivity index is 0.00000267. The fourth-order valence-electron chi connectivity index (χ4n) is 8.25. The number of aromatic hydroxyl groups is 1. The highest BCUT2D eigenvalue weighted by atomic mass is 35.5. The molecule has 4 aliphatic rings. The van der Waals surface area contributed by atoms with Crippen molar-refractivity contribution in [3.05, 3.63) is 59.2 Å². The minimum atomic E-state index is -0.699. The normalized spacial score (nSPS) is 33.7. The molecule has 1 heterocycles. The predicted octanol–water partition coefficient (Wildman–Crippen LogP) is 7.27. The van der Waals surface area contributed by atoms with Crippen LogP contribution < -0.4 is 4.74 Å². The standard InChI is InChI=1S/C31H40FNO2.ClH/c1-31-20-27(21-5-9-24(10-6-21)35-18-17-33-15-3-2-4-16-33)30-25-12-8-23(34)19-22(25)7-11-26(30)28(31)13-14-29(31)32;/h5-6,8-10,12,19,26-30,34H,2-4,7,11,13-18,20H2,1H3;1H/t26-,27+,28-,29+,30+,31-;/m0./s1. The van der Waals surface area contributed by atoms with Crippen molar-refractivity contribution in [3.63, 3.8) is 0 Å². The predicted molar refractivity (Wildman–Crippen MR) is 145 cm³/mol. The molecule has 2 aromatic rings. The summed E-state index contributed by atoms with van der Waals surface area (Å²) < 4.78 is 21.4. The van der Waals surface area contributed by atoms with E-state index in [0.717, 1.165) is 44.6 Å². The lowest BCUT2D eigenvalue weighted by atomic mass is 9.51. The Hall–Kier alpha value is -1.78. The number of likely N-dealkylation sites (tertiary alicyclic amines) is 1. The van der Waals surface area contributed by atoms with Gasteiger partial charge in [-0.1, -0.05) is 31.5 Å². The molecule has 3 nitrogen and oxygen atoms in total. The largest absolute Gasteiger partial charge is 0.508 e. The third-order valence-electron chi connectivity index (χ3n) is 10.0. The van der Waals surface area contributed by atoms with Crippen molar-refractivity contribution < 1.29 is 14.2 Å². The van der Waals surface area contributed by atoms with Crippen LogP contribution in [0.1, 0.15) is 80.4 Å². The molecule has 2 saturated carbocycles. The summed E-state index contributed by atoms with van der Waals surface area (Å²) in [5, 5.41) is 10.1. The maximum Gasteiger partial charge on any atom is 0.119 e. The summed E-state index contributed by atoms with van der Waals surface area (Å²) in [7, 11) is 0. The van der Waals surface area contributed by atoms with E-state index in [0.29, 0.717) is 35.8 Å². The first kappa shape index (κ1) is 25.9. The van der Waals surface area contributed by atoms with Crippen LogP contribution in [0.2, 0.25) is 0 Å². The second kappa shape index (κ2) is 10.5. The first-order valence-corrected chi connectivity index (χ1v) is 13.9. The quantitative estimate of drug-likeness (QED) is 0.456. The number of hydrogen-bond donors (Lipinski definition) is 1. The van der Waals surface area contributed by atoms with Gasteiger partial charge in [0.2, 0.25) is 0 Å². The molecule has 6 atom stereocenters. The molecule has 1 aliphatic heterocycles. The number of rotatable bonds is 5. The average Bonchev–Trinajstić information content (AvgIpc) is 3.18. The van der Waals surface area contributed by atoms with E-state index < -0.39 is 6.17 Å². The van der Waals surface area contributed by atoms with Gasteiger partial charge in [-0.3, -0.25) is 4.90 Å². The number of benzene rings is 2. The Morgan fingerprint density at radius 1 is 1.03 bits per heavy atom. The zero-order valence-electron chi connectivity index (χ0n) is 21.5. The molecule has 196 valence electrons. The third-order valence-corrected chi connectivity index (χ3v) is 10.0. The second-order valence-corrected chi connectivity index (χ2v) is 11.9. The fraction of sp³-hybridized carbons (Fsp3) is 0.613. The van der Waals surface area contributed by atoms with E-state index in [-0.39, 0.29) is 17.8 Å². The van der Waals surface area contributed by atoms with Crippen LogP contribution in [0.3, 0.4) is 0 Å². The first-order valence-electron chi connectivity index (χ1n) is 13.9. The van der Waals surface area contributed by atoms with E-state index in [1.54, 1.807) is 0 Å². The van der Waals surface area contributed by atoms with Gasteiger partial charge >= 0.3 is 0 Å². The molecule has 0 unspecified atom stereocenters. The van der Waals surface area contributed by atoms with Crippen molar-refractivity contribution in [2.24, 2.45) is 17.3 Å². The molecule has 0 spiro atoms. The lowest BCUT2D eigenvalue weighted by Crippen LogP contribution is -2.46. The fourth-order valence-corrected chi connectivity index (χ4v) is 8.25. The Morgan fingerprint density at radius 3 is 2.58 bits per heavy atom. The number of aryl methyl sites for hydroxylation is 1. The molecule has 3 fully saturated rings.